The van der Waals surface area contributed by atoms with Gasteiger partial charge >= 0.3 is 5.97 Å². The van der Waals surface area contributed by atoms with Gasteiger partial charge in [0, 0.05) is 31.9 Å². The summed E-state index contributed by atoms with van der Waals surface area (Å²) in [5.41, 5.74) is 5.68. The average molecular weight is 471 g/mol. The van der Waals surface area contributed by atoms with Crippen molar-refractivity contribution in [1.82, 2.24) is 4.90 Å². The average Bonchev–Trinajstić information content (AvgIpc) is 2.92. The van der Waals surface area contributed by atoms with Gasteiger partial charge < -0.3 is 9.64 Å². The molecule has 4 nitrogen and oxygen atoms in total. The highest BCUT2D eigenvalue weighted by atomic mass is 16.5. The number of ether oxygens (including phenoxy) is 1. The van der Waals surface area contributed by atoms with Crippen LogP contribution in [-0.2, 0) is 14.9 Å². The Labute approximate surface area is 210 Å². The van der Waals surface area contributed by atoms with Crippen LogP contribution in [-0.4, -0.2) is 50.7 Å². The predicted octanol–water partition coefficient (Wildman–Crippen LogP) is 6.09. The number of benzene rings is 3. The Morgan fingerprint density at radius 2 is 1.54 bits per heavy atom. The molecule has 1 aliphatic rings. The first-order chi connectivity index (χ1) is 17.1. The molecular weight excluding hydrogens is 432 g/mol. The molecule has 1 fully saturated rings. The summed E-state index contributed by atoms with van der Waals surface area (Å²) in [7, 11) is 1.50. The van der Waals surface area contributed by atoms with E-state index in [-0.39, 0.29) is 5.97 Å². The van der Waals surface area contributed by atoms with Crippen LogP contribution in [0.3, 0.4) is 0 Å². The van der Waals surface area contributed by atoms with Gasteiger partial charge in [0.05, 0.1) is 12.5 Å². The number of esters is 1. The summed E-state index contributed by atoms with van der Waals surface area (Å²) in [6, 6.07) is 27.7. The lowest BCUT2D eigenvalue weighted by molar-refractivity contribution is -0.148. The SMILES string of the molecule is CCC(CCCN1CCN(c2ccc(-c3ccccc3C)cc2)CC1)(C(=O)OC)c1ccccc1. The Hall–Kier alpha value is -3.11. The monoisotopic (exact) mass is 470 g/mol. The van der Waals surface area contributed by atoms with Crippen LogP contribution in [0.15, 0.2) is 78.9 Å². The van der Waals surface area contributed by atoms with Gasteiger partial charge in [0.1, 0.15) is 0 Å². The molecule has 0 N–H and O–H groups in total. The van der Waals surface area contributed by atoms with E-state index in [0.29, 0.717) is 0 Å². The maximum absolute atomic E-state index is 12.8. The number of hydrogen-bond acceptors (Lipinski definition) is 4. The lowest BCUT2D eigenvalue weighted by atomic mass is 9.74. The third-order valence-corrected chi connectivity index (χ3v) is 7.64. The van der Waals surface area contributed by atoms with Crippen molar-refractivity contribution in [3.05, 3.63) is 90.0 Å². The minimum Gasteiger partial charge on any atom is -0.468 e. The van der Waals surface area contributed by atoms with E-state index in [4.69, 9.17) is 4.74 Å². The molecule has 35 heavy (non-hydrogen) atoms. The van der Waals surface area contributed by atoms with Crippen LogP contribution in [0.1, 0.15) is 37.3 Å². The van der Waals surface area contributed by atoms with E-state index in [9.17, 15) is 4.79 Å². The van der Waals surface area contributed by atoms with E-state index in [0.717, 1.165) is 57.5 Å². The molecule has 1 heterocycles. The number of piperazine rings is 1. The zero-order chi connectivity index (χ0) is 24.7. The highest BCUT2D eigenvalue weighted by molar-refractivity contribution is 5.83. The summed E-state index contributed by atoms with van der Waals surface area (Å²) in [4.78, 5) is 17.8. The lowest BCUT2D eigenvalue weighted by Gasteiger charge is -2.37. The first-order valence-electron chi connectivity index (χ1n) is 12.8. The topological polar surface area (TPSA) is 32.8 Å². The Balaban J connectivity index is 1.31. The first kappa shape index (κ1) is 25.0. The minimum atomic E-state index is -0.559. The highest BCUT2D eigenvalue weighted by Gasteiger charge is 2.39. The van der Waals surface area contributed by atoms with E-state index in [1.807, 2.05) is 18.2 Å². The largest absolute Gasteiger partial charge is 0.468 e. The molecule has 3 aromatic rings. The van der Waals surface area contributed by atoms with Crippen molar-refractivity contribution in [2.75, 3.05) is 44.7 Å². The van der Waals surface area contributed by atoms with E-state index < -0.39 is 5.41 Å². The van der Waals surface area contributed by atoms with Crippen LogP contribution in [0, 0.1) is 6.92 Å². The van der Waals surface area contributed by atoms with Crippen LogP contribution in [0.5, 0.6) is 0 Å². The van der Waals surface area contributed by atoms with E-state index in [2.05, 4.69) is 84.3 Å². The maximum Gasteiger partial charge on any atom is 0.316 e. The molecular formula is C31H38N2O2. The zero-order valence-electron chi connectivity index (χ0n) is 21.4. The molecule has 4 rings (SSSR count). The van der Waals surface area contributed by atoms with Crippen molar-refractivity contribution >= 4 is 11.7 Å². The summed E-state index contributed by atoms with van der Waals surface area (Å²) >= 11 is 0. The van der Waals surface area contributed by atoms with Gasteiger partial charge in [-0.25, -0.2) is 0 Å². The van der Waals surface area contributed by atoms with Crippen LogP contribution in [0.4, 0.5) is 5.69 Å². The smallest absolute Gasteiger partial charge is 0.316 e. The van der Waals surface area contributed by atoms with Gasteiger partial charge in [-0.1, -0.05) is 73.7 Å². The number of carbonyl (C=O) groups excluding carboxylic acids is 1. The summed E-state index contributed by atoms with van der Waals surface area (Å²) in [6.07, 6.45) is 2.53. The van der Waals surface area contributed by atoms with Gasteiger partial charge in [0.25, 0.3) is 0 Å². The number of aryl methyl sites for hydroxylation is 1. The van der Waals surface area contributed by atoms with Crippen molar-refractivity contribution in [3.63, 3.8) is 0 Å². The maximum atomic E-state index is 12.8. The highest BCUT2D eigenvalue weighted by Crippen LogP contribution is 2.34. The van der Waals surface area contributed by atoms with E-state index in [1.54, 1.807) is 0 Å². The fraction of sp³-hybridized carbons (Fsp3) is 0.387. The van der Waals surface area contributed by atoms with E-state index in [1.165, 1.54) is 29.5 Å². The molecule has 1 atom stereocenters. The summed E-state index contributed by atoms with van der Waals surface area (Å²) in [6.45, 7) is 9.40. The summed E-state index contributed by atoms with van der Waals surface area (Å²) in [5.74, 6) is -0.120. The summed E-state index contributed by atoms with van der Waals surface area (Å²) < 4.78 is 5.25. The number of anilines is 1. The first-order valence-corrected chi connectivity index (χ1v) is 12.8. The molecule has 3 aromatic carbocycles. The molecule has 184 valence electrons. The van der Waals surface area contributed by atoms with Crippen molar-refractivity contribution in [1.29, 1.82) is 0 Å². The minimum absolute atomic E-state index is 0.120. The normalized spacial score (nSPS) is 16.0. The Kier molecular flexibility index (Phi) is 8.25. The molecule has 0 saturated carbocycles. The fourth-order valence-corrected chi connectivity index (χ4v) is 5.42. The molecule has 0 radical (unpaired) electrons. The van der Waals surface area contributed by atoms with Crippen molar-refractivity contribution in [2.24, 2.45) is 0 Å². The van der Waals surface area contributed by atoms with Crippen LogP contribution >= 0.6 is 0 Å². The second-order valence-corrected chi connectivity index (χ2v) is 9.59. The van der Waals surface area contributed by atoms with Gasteiger partial charge in [-0.2, -0.15) is 0 Å². The number of methoxy groups -OCH3 is 1. The molecule has 4 heteroatoms. The molecule has 0 spiro atoms. The number of nitrogens with zero attached hydrogens (tertiary/aromatic N) is 2. The molecule has 0 amide bonds. The molecule has 0 aliphatic carbocycles. The van der Waals surface area contributed by atoms with Crippen molar-refractivity contribution < 1.29 is 9.53 Å². The number of rotatable bonds is 9. The van der Waals surface area contributed by atoms with Crippen molar-refractivity contribution in [3.8, 4) is 11.1 Å². The lowest BCUT2D eigenvalue weighted by Crippen LogP contribution is -2.47. The van der Waals surface area contributed by atoms with Gasteiger partial charge in [-0.05, 0) is 67.1 Å². The van der Waals surface area contributed by atoms with Gasteiger partial charge in [-0.3, -0.25) is 9.69 Å². The molecule has 0 aromatic heterocycles. The zero-order valence-corrected chi connectivity index (χ0v) is 21.4. The van der Waals surface area contributed by atoms with E-state index >= 15 is 0 Å². The molecule has 1 saturated heterocycles. The number of carbonyl (C=O) groups is 1. The second-order valence-electron chi connectivity index (χ2n) is 9.59. The summed E-state index contributed by atoms with van der Waals surface area (Å²) in [5, 5.41) is 0. The van der Waals surface area contributed by atoms with Gasteiger partial charge in [-0.15, -0.1) is 0 Å². The fourth-order valence-electron chi connectivity index (χ4n) is 5.42. The Bertz CT molecular complexity index is 1090. The quantitative estimate of drug-likeness (QED) is 0.355. The molecule has 1 aliphatic heterocycles. The van der Waals surface area contributed by atoms with Gasteiger partial charge in [0.2, 0.25) is 0 Å². The predicted molar refractivity (Wildman–Crippen MR) is 145 cm³/mol. The molecule has 0 bridgehead atoms. The standard InChI is InChI=1S/C31H38N2O2/c1-4-31(30(34)35-3,27-12-6-5-7-13-27)19-10-20-32-21-23-33(24-22-32)28-17-15-26(16-18-28)29-14-9-8-11-25(29)2/h5-9,11-18H,4,10,19-24H2,1-3H3. The second kappa shape index (κ2) is 11.5. The Morgan fingerprint density at radius 3 is 2.17 bits per heavy atom. The third-order valence-electron chi connectivity index (χ3n) is 7.64. The molecule has 1 unspecified atom stereocenters. The van der Waals surface area contributed by atoms with Crippen LogP contribution < -0.4 is 4.90 Å². The number of hydrogen-bond donors (Lipinski definition) is 0. The Morgan fingerprint density at radius 1 is 0.886 bits per heavy atom. The van der Waals surface area contributed by atoms with Crippen LogP contribution in [0.2, 0.25) is 0 Å². The van der Waals surface area contributed by atoms with Gasteiger partial charge in [0.15, 0.2) is 0 Å². The third kappa shape index (κ3) is 5.59. The van der Waals surface area contributed by atoms with Crippen molar-refractivity contribution in [2.45, 2.75) is 38.5 Å². The van der Waals surface area contributed by atoms with Crippen LogP contribution in [0.25, 0.3) is 11.1 Å².